The predicted molar refractivity (Wildman–Crippen MR) is 54.8 cm³/mol. The molecule has 88 valence electrons. The van der Waals surface area contributed by atoms with Crippen molar-refractivity contribution in [1.29, 1.82) is 0 Å². The molecule has 1 heterocycles. The van der Waals surface area contributed by atoms with Crippen molar-refractivity contribution in [2.45, 2.75) is 26.8 Å². The van der Waals surface area contributed by atoms with Gasteiger partial charge in [0.15, 0.2) is 0 Å². The molecule has 0 saturated carbocycles. The number of carbonyl (C=O) groups excluding carboxylic acids is 2. The van der Waals surface area contributed by atoms with Gasteiger partial charge in [-0.25, -0.2) is 4.79 Å². The van der Waals surface area contributed by atoms with E-state index in [0.29, 0.717) is 5.69 Å². The van der Waals surface area contributed by atoms with Crippen molar-refractivity contribution >= 4 is 11.9 Å². The second-order valence-electron chi connectivity index (χ2n) is 3.28. The molecule has 0 bridgehead atoms. The Morgan fingerprint density at radius 3 is 2.81 bits per heavy atom. The van der Waals surface area contributed by atoms with Crippen LogP contribution in [-0.4, -0.2) is 29.7 Å². The summed E-state index contributed by atoms with van der Waals surface area (Å²) in [6.45, 7) is 5.22. The highest BCUT2D eigenvalue weighted by Gasteiger charge is 2.19. The van der Waals surface area contributed by atoms with E-state index in [1.807, 2.05) is 0 Å². The van der Waals surface area contributed by atoms with E-state index < -0.39 is 17.9 Å². The number of rotatable bonds is 4. The number of ether oxygens (including phenoxy) is 1. The molecule has 0 radical (unpaired) electrons. The lowest BCUT2D eigenvalue weighted by atomic mass is 10.3. The van der Waals surface area contributed by atoms with Crippen LogP contribution in [0.4, 0.5) is 0 Å². The number of hydrogen-bond acceptors (Lipinski definition) is 5. The van der Waals surface area contributed by atoms with Gasteiger partial charge in [-0.3, -0.25) is 4.79 Å². The summed E-state index contributed by atoms with van der Waals surface area (Å²) in [4.78, 5) is 22.8. The first kappa shape index (κ1) is 12.2. The summed E-state index contributed by atoms with van der Waals surface area (Å²) in [6, 6.07) is 0.783. The molecule has 0 saturated heterocycles. The van der Waals surface area contributed by atoms with E-state index in [4.69, 9.17) is 9.26 Å². The highest BCUT2D eigenvalue weighted by molar-refractivity contribution is 5.94. The molecule has 1 amide bonds. The lowest BCUT2D eigenvalue weighted by Crippen LogP contribution is -2.39. The summed E-state index contributed by atoms with van der Waals surface area (Å²) in [7, 11) is 0. The van der Waals surface area contributed by atoms with Crippen LogP contribution in [0.2, 0.25) is 0 Å². The molecule has 1 aromatic heterocycles. The average molecular weight is 226 g/mol. The summed E-state index contributed by atoms with van der Waals surface area (Å²) in [5, 5.41) is 6.02. The van der Waals surface area contributed by atoms with Crippen molar-refractivity contribution in [2.75, 3.05) is 6.61 Å². The van der Waals surface area contributed by atoms with Crippen LogP contribution in [0.3, 0.4) is 0 Å². The van der Waals surface area contributed by atoms with Gasteiger partial charge in [0.2, 0.25) is 5.76 Å². The van der Waals surface area contributed by atoms with Crippen molar-refractivity contribution in [1.82, 2.24) is 10.5 Å². The molecule has 1 aromatic rings. The van der Waals surface area contributed by atoms with E-state index in [1.165, 1.54) is 6.07 Å². The number of amides is 1. The number of nitrogens with one attached hydrogen (secondary N) is 1. The number of aryl methyl sites for hydroxylation is 1. The zero-order valence-electron chi connectivity index (χ0n) is 9.44. The van der Waals surface area contributed by atoms with Gasteiger partial charge in [-0.15, -0.1) is 0 Å². The maximum Gasteiger partial charge on any atom is 0.328 e. The Morgan fingerprint density at radius 1 is 1.62 bits per heavy atom. The highest BCUT2D eigenvalue weighted by atomic mass is 16.5. The zero-order chi connectivity index (χ0) is 12.1. The Kier molecular flexibility index (Phi) is 4.04. The van der Waals surface area contributed by atoms with Gasteiger partial charge in [0.25, 0.3) is 5.91 Å². The zero-order valence-corrected chi connectivity index (χ0v) is 9.44. The first-order valence-corrected chi connectivity index (χ1v) is 4.95. The Bertz CT molecular complexity index is 386. The molecule has 0 aliphatic rings. The van der Waals surface area contributed by atoms with Gasteiger partial charge in [0.05, 0.1) is 12.3 Å². The molecule has 1 N–H and O–H groups in total. The van der Waals surface area contributed by atoms with Crippen LogP contribution in [0.25, 0.3) is 0 Å². The second kappa shape index (κ2) is 5.29. The standard InChI is InChI=1S/C10H14N2O4/c1-4-15-10(14)7(3)11-9(13)8-5-6(2)12-16-8/h5,7H,4H2,1-3H3,(H,11,13). The maximum atomic E-state index is 11.5. The number of nitrogens with zero attached hydrogens (tertiary/aromatic N) is 1. The van der Waals surface area contributed by atoms with Gasteiger partial charge in [-0.2, -0.15) is 0 Å². The fourth-order valence-electron chi connectivity index (χ4n) is 1.06. The molecule has 0 fully saturated rings. The van der Waals surface area contributed by atoms with Crippen LogP contribution in [0.5, 0.6) is 0 Å². The SMILES string of the molecule is CCOC(=O)C(C)NC(=O)c1cc(C)no1. The van der Waals surface area contributed by atoms with Gasteiger partial charge in [-0.05, 0) is 20.8 Å². The number of hydrogen-bond donors (Lipinski definition) is 1. The van der Waals surface area contributed by atoms with Crippen LogP contribution < -0.4 is 5.32 Å². The Balaban J connectivity index is 2.54. The normalized spacial score (nSPS) is 11.9. The molecule has 0 aromatic carbocycles. The van der Waals surface area contributed by atoms with Crippen molar-refractivity contribution in [3.8, 4) is 0 Å². The molecule has 0 aliphatic carbocycles. The average Bonchev–Trinajstić information content (AvgIpc) is 2.65. The Morgan fingerprint density at radius 2 is 2.31 bits per heavy atom. The quantitative estimate of drug-likeness (QED) is 0.763. The van der Waals surface area contributed by atoms with E-state index in [1.54, 1.807) is 20.8 Å². The van der Waals surface area contributed by atoms with Crippen LogP contribution >= 0.6 is 0 Å². The van der Waals surface area contributed by atoms with Crippen LogP contribution in [0, 0.1) is 6.92 Å². The second-order valence-corrected chi connectivity index (χ2v) is 3.28. The fourth-order valence-corrected chi connectivity index (χ4v) is 1.06. The minimum atomic E-state index is -0.710. The smallest absolute Gasteiger partial charge is 0.328 e. The van der Waals surface area contributed by atoms with Gasteiger partial charge >= 0.3 is 5.97 Å². The van der Waals surface area contributed by atoms with Crippen molar-refractivity contribution < 1.29 is 18.8 Å². The van der Waals surface area contributed by atoms with Crippen molar-refractivity contribution in [2.24, 2.45) is 0 Å². The summed E-state index contributed by atoms with van der Waals surface area (Å²) in [5.74, 6) is -0.887. The first-order valence-electron chi connectivity index (χ1n) is 4.95. The van der Waals surface area contributed by atoms with E-state index in [0.717, 1.165) is 0 Å². The van der Waals surface area contributed by atoms with E-state index in [2.05, 4.69) is 10.5 Å². The molecule has 1 atom stereocenters. The number of esters is 1. The minimum Gasteiger partial charge on any atom is -0.464 e. The van der Waals surface area contributed by atoms with E-state index >= 15 is 0 Å². The third-order valence-corrected chi connectivity index (χ3v) is 1.84. The molecule has 6 nitrogen and oxygen atoms in total. The Labute approximate surface area is 92.9 Å². The van der Waals surface area contributed by atoms with Crippen LogP contribution in [-0.2, 0) is 9.53 Å². The fraction of sp³-hybridized carbons (Fsp3) is 0.500. The van der Waals surface area contributed by atoms with E-state index in [9.17, 15) is 9.59 Å². The van der Waals surface area contributed by atoms with Gasteiger partial charge in [0.1, 0.15) is 6.04 Å². The third kappa shape index (κ3) is 3.08. The number of carbonyl (C=O) groups is 2. The summed E-state index contributed by atoms with van der Waals surface area (Å²) in [6.07, 6.45) is 0. The highest BCUT2D eigenvalue weighted by Crippen LogP contribution is 2.02. The Hall–Kier alpha value is -1.85. The molecule has 1 rings (SSSR count). The molecule has 6 heteroatoms. The minimum absolute atomic E-state index is 0.0775. The molecular weight excluding hydrogens is 212 g/mol. The predicted octanol–water partition coefficient (Wildman–Crippen LogP) is 0.664. The first-order chi connectivity index (χ1) is 7.54. The third-order valence-electron chi connectivity index (χ3n) is 1.84. The van der Waals surface area contributed by atoms with Gasteiger partial charge in [0, 0.05) is 6.07 Å². The molecule has 1 unspecified atom stereocenters. The summed E-state index contributed by atoms with van der Waals surface area (Å²) < 4.78 is 9.50. The number of aromatic nitrogens is 1. The molecule has 16 heavy (non-hydrogen) atoms. The van der Waals surface area contributed by atoms with Crippen molar-refractivity contribution in [3.63, 3.8) is 0 Å². The molecule has 0 aliphatic heterocycles. The van der Waals surface area contributed by atoms with Crippen molar-refractivity contribution in [3.05, 3.63) is 17.5 Å². The topological polar surface area (TPSA) is 81.4 Å². The van der Waals surface area contributed by atoms with Gasteiger partial charge < -0.3 is 14.6 Å². The van der Waals surface area contributed by atoms with Gasteiger partial charge in [-0.1, -0.05) is 5.16 Å². The van der Waals surface area contributed by atoms with Crippen LogP contribution in [0.15, 0.2) is 10.6 Å². The monoisotopic (exact) mass is 226 g/mol. The largest absolute Gasteiger partial charge is 0.464 e. The summed E-state index contributed by atoms with van der Waals surface area (Å²) in [5.41, 5.74) is 0.605. The lowest BCUT2D eigenvalue weighted by Gasteiger charge is -2.10. The lowest BCUT2D eigenvalue weighted by molar-refractivity contribution is -0.144. The maximum absolute atomic E-state index is 11.5. The van der Waals surface area contributed by atoms with E-state index in [-0.39, 0.29) is 12.4 Å². The molecular formula is C10H14N2O4. The van der Waals surface area contributed by atoms with Crippen LogP contribution in [0.1, 0.15) is 30.1 Å². The molecule has 0 spiro atoms. The summed E-state index contributed by atoms with van der Waals surface area (Å²) >= 11 is 0.